The summed E-state index contributed by atoms with van der Waals surface area (Å²) in [5.41, 5.74) is 0.872. The molecule has 3 rings (SSSR count). The van der Waals surface area contributed by atoms with Crippen LogP contribution in [0.5, 0.6) is 0 Å². The molecule has 1 aromatic rings. The molecule has 0 radical (unpaired) electrons. The fourth-order valence-corrected chi connectivity index (χ4v) is 2.86. The quantitative estimate of drug-likeness (QED) is 0.844. The molecule has 2 amide bonds. The Labute approximate surface area is 123 Å². The van der Waals surface area contributed by atoms with Gasteiger partial charge in [0.15, 0.2) is 0 Å². The van der Waals surface area contributed by atoms with Gasteiger partial charge in [0.25, 0.3) is 0 Å². The first-order chi connectivity index (χ1) is 10.2. The third-order valence-electron chi connectivity index (χ3n) is 4.22. The van der Waals surface area contributed by atoms with Gasteiger partial charge in [0.05, 0.1) is 18.6 Å². The molecular weight excluding hydrogens is 268 g/mol. The van der Waals surface area contributed by atoms with E-state index in [1.807, 2.05) is 35.2 Å². The molecule has 2 N–H and O–H groups in total. The van der Waals surface area contributed by atoms with Crippen LogP contribution in [-0.2, 0) is 9.59 Å². The summed E-state index contributed by atoms with van der Waals surface area (Å²) >= 11 is 0. The lowest BCUT2D eigenvalue weighted by Gasteiger charge is -2.19. The van der Waals surface area contributed by atoms with Crippen molar-refractivity contribution in [3.63, 3.8) is 0 Å². The highest BCUT2D eigenvalue weighted by atomic mass is 16.3. The van der Waals surface area contributed by atoms with Crippen LogP contribution < -0.4 is 5.32 Å². The van der Waals surface area contributed by atoms with Crippen molar-refractivity contribution in [1.29, 1.82) is 0 Å². The number of nitrogens with one attached hydrogen (secondary N) is 1. The van der Waals surface area contributed by atoms with Crippen molar-refractivity contribution in [1.82, 2.24) is 10.2 Å². The van der Waals surface area contributed by atoms with Crippen molar-refractivity contribution < 1.29 is 14.7 Å². The topological polar surface area (TPSA) is 69.6 Å². The summed E-state index contributed by atoms with van der Waals surface area (Å²) in [6.07, 6.45) is 2.40. The fourth-order valence-electron chi connectivity index (χ4n) is 2.86. The van der Waals surface area contributed by atoms with Crippen LogP contribution in [0.15, 0.2) is 30.3 Å². The minimum absolute atomic E-state index is 0.0814. The smallest absolute Gasteiger partial charge is 0.225 e. The first-order valence-electron chi connectivity index (χ1n) is 7.44. The summed E-state index contributed by atoms with van der Waals surface area (Å²) in [6, 6.07) is 9.33. The molecule has 0 spiro atoms. The van der Waals surface area contributed by atoms with E-state index >= 15 is 0 Å². The molecule has 1 aliphatic carbocycles. The number of carbonyl (C=O) groups is 2. The van der Waals surface area contributed by atoms with Crippen LogP contribution in [0.2, 0.25) is 0 Å². The number of amides is 2. The van der Waals surface area contributed by atoms with Crippen LogP contribution in [0, 0.1) is 5.92 Å². The Morgan fingerprint density at radius 3 is 2.67 bits per heavy atom. The molecule has 2 atom stereocenters. The maximum absolute atomic E-state index is 12.3. The molecule has 2 fully saturated rings. The summed E-state index contributed by atoms with van der Waals surface area (Å²) in [5.74, 6) is -0.358. The number of aliphatic hydroxyl groups is 1. The van der Waals surface area contributed by atoms with Crippen LogP contribution in [0.3, 0.4) is 0 Å². The SMILES string of the molecule is O=C(N[C@H](CO)c1ccccc1)C1CC(=O)N(C2CC2)C1. The first-order valence-corrected chi connectivity index (χ1v) is 7.44. The van der Waals surface area contributed by atoms with Crippen LogP contribution in [0.25, 0.3) is 0 Å². The fraction of sp³-hybridized carbons (Fsp3) is 0.500. The van der Waals surface area contributed by atoms with Gasteiger partial charge in [-0.05, 0) is 18.4 Å². The van der Waals surface area contributed by atoms with Crippen LogP contribution in [0.1, 0.15) is 30.9 Å². The highest BCUT2D eigenvalue weighted by Crippen LogP contribution is 2.32. The van der Waals surface area contributed by atoms with Crippen LogP contribution in [0.4, 0.5) is 0 Å². The summed E-state index contributed by atoms with van der Waals surface area (Å²) in [4.78, 5) is 26.0. The number of aliphatic hydroxyl groups excluding tert-OH is 1. The largest absolute Gasteiger partial charge is 0.394 e. The van der Waals surface area contributed by atoms with E-state index in [-0.39, 0.29) is 30.8 Å². The normalized spacial score (nSPS) is 23.2. The number of hydrogen-bond donors (Lipinski definition) is 2. The molecule has 1 saturated heterocycles. The van der Waals surface area contributed by atoms with Crippen LogP contribution in [-0.4, -0.2) is 41.0 Å². The molecule has 1 heterocycles. The zero-order valence-electron chi connectivity index (χ0n) is 11.9. The van der Waals surface area contributed by atoms with E-state index in [0.29, 0.717) is 12.6 Å². The third-order valence-corrected chi connectivity index (χ3v) is 4.22. The van der Waals surface area contributed by atoms with Gasteiger partial charge in [0.2, 0.25) is 11.8 Å². The Bertz CT molecular complexity index is 528. The Balaban J connectivity index is 1.61. The summed E-state index contributed by atoms with van der Waals surface area (Å²) in [6.45, 7) is 0.366. The molecular formula is C16H20N2O3. The standard InChI is InChI=1S/C16H20N2O3/c19-10-14(11-4-2-1-3-5-11)17-16(21)12-8-15(20)18(9-12)13-6-7-13/h1-5,12-14,19H,6-10H2,(H,17,21)/t12?,14-/m1/s1. The Kier molecular flexibility index (Phi) is 3.92. The second-order valence-corrected chi connectivity index (χ2v) is 5.83. The zero-order chi connectivity index (χ0) is 14.8. The van der Waals surface area contributed by atoms with Crippen molar-refractivity contribution in [2.45, 2.75) is 31.3 Å². The Morgan fingerprint density at radius 1 is 1.33 bits per heavy atom. The lowest BCUT2D eigenvalue weighted by molar-refractivity contribution is -0.129. The predicted molar refractivity (Wildman–Crippen MR) is 77.3 cm³/mol. The van der Waals surface area contributed by atoms with E-state index in [1.165, 1.54) is 0 Å². The molecule has 112 valence electrons. The molecule has 0 bridgehead atoms. The van der Waals surface area contributed by atoms with E-state index in [1.54, 1.807) is 0 Å². The van der Waals surface area contributed by atoms with Gasteiger partial charge in [0.1, 0.15) is 0 Å². The second kappa shape index (κ2) is 5.85. The number of likely N-dealkylation sites (tertiary alicyclic amines) is 1. The third kappa shape index (κ3) is 3.08. The summed E-state index contributed by atoms with van der Waals surface area (Å²) in [5, 5.41) is 12.3. The minimum Gasteiger partial charge on any atom is -0.394 e. The number of hydrogen-bond acceptors (Lipinski definition) is 3. The van der Waals surface area contributed by atoms with Crippen LogP contribution >= 0.6 is 0 Å². The van der Waals surface area contributed by atoms with Crippen molar-refractivity contribution >= 4 is 11.8 Å². The van der Waals surface area contributed by atoms with Crippen molar-refractivity contribution in [2.75, 3.05) is 13.2 Å². The number of rotatable bonds is 5. The van der Waals surface area contributed by atoms with Crippen molar-refractivity contribution in [2.24, 2.45) is 5.92 Å². The van der Waals surface area contributed by atoms with Crippen molar-refractivity contribution in [3.8, 4) is 0 Å². The van der Waals surface area contributed by atoms with E-state index in [2.05, 4.69) is 5.32 Å². The molecule has 1 aliphatic heterocycles. The van der Waals surface area contributed by atoms with Gasteiger partial charge < -0.3 is 15.3 Å². The van der Waals surface area contributed by atoms with Gasteiger partial charge in [0, 0.05) is 19.0 Å². The van der Waals surface area contributed by atoms with E-state index in [0.717, 1.165) is 18.4 Å². The van der Waals surface area contributed by atoms with Gasteiger partial charge in [-0.2, -0.15) is 0 Å². The van der Waals surface area contributed by atoms with E-state index < -0.39 is 6.04 Å². The predicted octanol–water partition coefficient (Wildman–Crippen LogP) is 0.847. The molecule has 1 unspecified atom stereocenters. The number of nitrogens with zero attached hydrogens (tertiary/aromatic N) is 1. The van der Waals surface area contributed by atoms with Gasteiger partial charge >= 0.3 is 0 Å². The lowest BCUT2D eigenvalue weighted by Crippen LogP contribution is -2.37. The number of benzene rings is 1. The van der Waals surface area contributed by atoms with Gasteiger partial charge in [-0.1, -0.05) is 30.3 Å². The minimum atomic E-state index is -0.413. The molecule has 2 aliphatic rings. The highest BCUT2D eigenvalue weighted by Gasteiger charge is 2.41. The lowest BCUT2D eigenvalue weighted by atomic mass is 10.0. The molecule has 5 heteroatoms. The van der Waals surface area contributed by atoms with Crippen molar-refractivity contribution in [3.05, 3.63) is 35.9 Å². The average molecular weight is 288 g/mol. The second-order valence-electron chi connectivity index (χ2n) is 5.83. The highest BCUT2D eigenvalue weighted by molar-refractivity contribution is 5.89. The van der Waals surface area contributed by atoms with E-state index in [9.17, 15) is 14.7 Å². The first kappa shape index (κ1) is 14.1. The average Bonchev–Trinajstić information content (AvgIpc) is 3.28. The molecule has 21 heavy (non-hydrogen) atoms. The molecule has 5 nitrogen and oxygen atoms in total. The van der Waals surface area contributed by atoms with Gasteiger partial charge in [-0.25, -0.2) is 0 Å². The maximum atomic E-state index is 12.3. The number of carbonyl (C=O) groups excluding carboxylic acids is 2. The van der Waals surface area contributed by atoms with Gasteiger partial charge in [-0.3, -0.25) is 9.59 Å². The summed E-state index contributed by atoms with van der Waals surface area (Å²) in [7, 11) is 0. The zero-order valence-corrected chi connectivity index (χ0v) is 11.9. The van der Waals surface area contributed by atoms with E-state index in [4.69, 9.17) is 0 Å². The molecule has 1 saturated carbocycles. The molecule has 0 aromatic heterocycles. The Morgan fingerprint density at radius 2 is 2.05 bits per heavy atom. The van der Waals surface area contributed by atoms with Gasteiger partial charge in [-0.15, -0.1) is 0 Å². The molecule has 1 aromatic carbocycles. The monoisotopic (exact) mass is 288 g/mol. The summed E-state index contributed by atoms with van der Waals surface area (Å²) < 4.78 is 0. The Hall–Kier alpha value is -1.88. The maximum Gasteiger partial charge on any atom is 0.225 e.